The number of aliphatic hydroxyl groups excluding tert-OH is 7. The summed E-state index contributed by atoms with van der Waals surface area (Å²) in [4.78, 5) is 121. The SMILES string of the molecule is COCCCCCCOc1ccc(-c2nn3cc(-c4ccc(C(=O)N[C@H]5CC(O)CNC(=O)C6C(O)C(C)CN6C(=O)C(C(O)CC(N)=O)NC(=O)C(C(O)C(O)c6ccc(O)c(OSOOO)c6)NC(=O)C6CC(O)CN6C(=O)C(C(C)O)NC5=O)cc4)nc3s2)cc1. The summed E-state index contributed by atoms with van der Waals surface area (Å²) in [5.41, 5.74) is 6.95. The highest BCUT2D eigenvalue weighted by molar-refractivity contribution is 7.90. The van der Waals surface area contributed by atoms with Gasteiger partial charge in [-0.05, 0) is 80.3 Å². The third-order valence-corrected chi connectivity index (χ3v) is 17.4. The van der Waals surface area contributed by atoms with Gasteiger partial charge in [0.2, 0.25) is 46.3 Å². The molecule has 33 nitrogen and oxygen atoms in total. The zero-order valence-electron chi connectivity index (χ0n) is 51.0. The average Bonchev–Trinajstić information content (AvgIpc) is 1.90. The number of aromatic hydroxyl groups is 1. The molecule has 3 aliphatic rings. The lowest BCUT2D eigenvalue weighted by atomic mass is 9.96. The van der Waals surface area contributed by atoms with Crippen LogP contribution in [0.15, 0.2) is 72.9 Å². The van der Waals surface area contributed by atoms with Crippen molar-refractivity contribution in [3.8, 4) is 39.1 Å². The predicted molar refractivity (Wildman–Crippen MR) is 329 cm³/mol. The van der Waals surface area contributed by atoms with Crippen molar-refractivity contribution < 1.29 is 107 Å². The fraction of sp³-hybridized carbons (Fsp3) is 0.492. The number of imidazole rings is 1. The molecule has 5 heterocycles. The summed E-state index contributed by atoms with van der Waals surface area (Å²) >= 11 is 1.32. The molecule has 8 amide bonds. The molecule has 3 fully saturated rings. The second kappa shape index (κ2) is 32.8. The van der Waals surface area contributed by atoms with Crippen molar-refractivity contribution in [1.82, 2.24) is 51.0 Å². The standard InChI is InChI=1S/C59H75N11O22S2/c1-28-25-69-47(48(28)77)55(84)61-24-34(72)21-37(62-51(80)31-10-8-30(9-11-31)38-27-70-59(63-38)93-56(67-70)32-12-15-36(16-13-32)89-19-7-5-4-6-18-88-3)52(81)64-44(29(2)71)57(85)68-26-35(73)22-39(68)53(82)66-46(54(83)65-45(58(69)86)41(75)23-43(60)76)50(79)49(78)33-14-17-40(74)42(20-33)90-94-92-91-87/h8-17,20,27-29,34-35,37,39,41,44-50,71-75,77-79,87H,4-7,18-19,21-26H2,1-3H3,(H2,60,76)(H,61,84)(H,62,80)(H,64,81)(H,65,83)(H,66,82)/t28?,29?,34?,35?,37-,39?,41?,44?,45?,46?,47?,48?,49?,50?/m0/s1. The summed E-state index contributed by atoms with van der Waals surface area (Å²) in [6.45, 7) is 2.01. The molecule has 0 saturated carbocycles. The molecule has 13 unspecified atom stereocenters. The van der Waals surface area contributed by atoms with E-state index in [1.807, 2.05) is 24.3 Å². The monoisotopic (exact) mass is 1350 g/mol. The van der Waals surface area contributed by atoms with Gasteiger partial charge in [0.05, 0.1) is 55.4 Å². The molecule has 16 N–H and O–H groups in total. The number of aromatic nitrogens is 3. The number of methoxy groups -OCH3 is 1. The molecule has 0 radical (unpaired) electrons. The maximum Gasteiger partial charge on any atom is 0.261 e. The van der Waals surface area contributed by atoms with Crippen LogP contribution in [-0.2, 0) is 47.7 Å². The number of unbranched alkanes of at least 4 members (excludes halogenated alkanes) is 3. The Bertz CT molecular complexity index is 3440. The fourth-order valence-electron chi connectivity index (χ4n) is 11.0. The van der Waals surface area contributed by atoms with E-state index in [0.29, 0.717) is 27.8 Å². The Balaban J connectivity index is 1.06. The Hall–Kier alpha value is -8.17. The summed E-state index contributed by atoms with van der Waals surface area (Å²) in [5.74, 6) is -11.2. The minimum Gasteiger partial charge on any atom is -0.504 e. The topological polar surface area (TPSA) is 488 Å². The number of primary amides is 1. The van der Waals surface area contributed by atoms with Gasteiger partial charge < -0.3 is 96.6 Å². The van der Waals surface area contributed by atoms with E-state index in [9.17, 15) is 79.2 Å². The van der Waals surface area contributed by atoms with Crippen molar-refractivity contribution in [2.75, 3.05) is 40.0 Å². The molecule has 35 heteroatoms. The molecular formula is C59H75N11O22S2. The second-order valence-corrected chi connectivity index (χ2v) is 24.4. The lowest BCUT2D eigenvalue weighted by Gasteiger charge is -2.34. The van der Waals surface area contributed by atoms with E-state index in [0.717, 1.165) is 78.5 Å². The number of carbonyl (C=O) groups is 8. The number of aliphatic hydroxyl groups is 7. The number of amides is 8. The molecule has 0 aliphatic carbocycles. The molecule has 3 aliphatic heterocycles. The van der Waals surface area contributed by atoms with Crippen LogP contribution in [0.2, 0.25) is 0 Å². The van der Waals surface area contributed by atoms with Gasteiger partial charge in [-0.3, -0.25) is 38.4 Å². The largest absolute Gasteiger partial charge is 0.504 e. The molecule has 94 heavy (non-hydrogen) atoms. The number of carbonyl (C=O) groups excluding carboxylic acids is 8. The maximum atomic E-state index is 14.7. The minimum atomic E-state index is -2.53. The number of hydrogen-bond donors (Lipinski definition) is 15. The lowest BCUT2D eigenvalue weighted by molar-refractivity contribution is -0.433. The van der Waals surface area contributed by atoms with Gasteiger partial charge in [0.1, 0.15) is 59.2 Å². The van der Waals surface area contributed by atoms with Crippen molar-refractivity contribution >= 4 is 75.9 Å². The molecule has 3 saturated heterocycles. The van der Waals surface area contributed by atoms with E-state index >= 15 is 0 Å². The Morgan fingerprint density at radius 2 is 1.47 bits per heavy atom. The number of β-amino-alcohol motifs (C(OH)–C–C–N with tert-alkyl or cyclic N) is 1. The molecule has 14 atom stereocenters. The first-order chi connectivity index (χ1) is 44.9. The highest BCUT2D eigenvalue weighted by Gasteiger charge is 2.50. The third kappa shape index (κ3) is 17.8. The molecule has 510 valence electrons. The zero-order chi connectivity index (χ0) is 68.1. The minimum absolute atomic E-state index is 0.0150. The highest BCUT2D eigenvalue weighted by Crippen LogP contribution is 2.35. The lowest BCUT2D eigenvalue weighted by Crippen LogP contribution is -2.64. The van der Waals surface area contributed by atoms with Crippen molar-refractivity contribution in [2.45, 2.75) is 138 Å². The first-order valence-corrected chi connectivity index (χ1v) is 31.3. The Morgan fingerprint density at radius 3 is 2.14 bits per heavy atom. The van der Waals surface area contributed by atoms with Crippen LogP contribution in [0.4, 0.5) is 0 Å². The number of fused-ring (bicyclic) bond motifs is 3. The highest BCUT2D eigenvalue weighted by atomic mass is 32.2. The van der Waals surface area contributed by atoms with Crippen LogP contribution < -0.4 is 41.2 Å². The van der Waals surface area contributed by atoms with Crippen molar-refractivity contribution in [2.24, 2.45) is 11.7 Å². The number of rotatable bonds is 23. The van der Waals surface area contributed by atoms with Gasteiger partial charge in [-0.25, -0.2) is 14.8 Å². The van der Waals surface area contributed by atoms with Crippen molar-refractivity contribution in [1.29, 1.82) is 0 Å². The van der Waals surface area contributed by atoms with Crippen LogP contribution in [0, 0.1) is 5.92 Å². The van der Waals surface area contributed by atoms with E-state index in [1.54, 1.807) is 30.0 Å². The van der Waals surface area contributed by atoms with Crippen LogP contribution >= 0.6 is 23.7 Å². The van der Waals surface area contributed by atoms with Crippen LogP contribution in [-0.4, -0.2) is 231 Å². The number of nitrogens with one attached hydrogen (secondary N) is 5. The van der Waals surface area contributed by atoms with Gasteiger partial charge in [-0.1, -0.05) is 52.3 Å². The Morgan fingerprint density at radius 1 is 0.798 bits per heavy atom. The second-order valence-electron chi connectivity index (χ2n) is 23.0. The number of ether oxygens (including phenoxy) is 2. The number of phenols is 1. The van der Waals surface area contributed by atoms with Gasteiger partial charge >= 0.3 is 0 Å². The smallest absolute Gasteiger partial charge is 0.261 e. The number of phenolic OH excluding ortho intramolecular Hbond substituents is 1. The van der Waals surface area contributed by atoms with Crippen LogP contribution in [0.3, 0.4) is 0 Å². The van der Waals surface area contributed by atoms with E-state index in [-0.39, 0.29) is 23.5 Å². The third-order valence-electron chi connectivity index (χ3n) is 16.0. The van der Waals surface area contributed by atoms with Crippen LogP contribution in [0.1, 0.15) is 80.8 Å². The molecule has 0 bridgehead atoms. The van der Waals surface area contributed by atoms with Crippen LogP contribution in [0.25, 0.3) is 26.8 Å². The maximum absolute atomic E-state index is 14.7. The molecule has 5 aromatic rings. The number of nitrogens with zero attached hydrogens (tertiary/aromatic N) is 5. The van der Waals surface area contributed by atoms with Crippen molar-refractivity contribution in [3.05, 3.63) is 84.1 Å². The van der Waals surface area contributed by atoms with E-state index < -0.39 is 183 Å². The quantitative estimate of drug-likeness (QED) is 0.0147. The van der Waals surface area contributed by atoms with E-state index in [2.05, 4.69) is 36.0 Å². The van der Waals surface area contributed by atoms with Gasteiger partial charge in [0, 0.05) is 68.8 Å². The van der Waals surface area contributed by atoms with Gasteiger partial charge in [-0.2, -0.15) is 5.10 Å². The molecule has 3 aromatic carbocycles. The predicted octanol–water partition coefficient (Wildman–Crippen LogP) is -1.91. The molecule has 8 rings (SSSR count). The fourth-order valence-corrected chi connectivity index (χ4v) is 12.2. The summed E-state index contributed by atoms with van der Waals surface area (Å²) in [5, 5.41) is 119. The summed E-state index contributed by atoms with van der Waals surface area (Å²) in [6.07, 6.45) is -10.4. The summed E-state index contributed by atoms with van der Waals surface area (Å²) in [6, 6.07) is 4.21. The Kier molecular flexibility index (Phi) is 25.0. The van der Waals surface area contributed by atoms with E-state index in [4.69, 9.17) is 34.7 Å². The number of hydrogen-bond acceptors (Lipinski definition) is 26. The van der Waals surface area contributed by atoms with E-state index in [1.165, 1.54) is 30.4 Å². The summed E-state index contributed by atoms with van der Waals surface area (Å²) < 4.78 is 21.8. The summed E-state index contributed by atoms with van der Waals surface area (Å²) in [7, 11) is 1.69. The average molecular weight is 1350 g/mol. The van der Waals surface area contributed by atoms with Gasteiger partial charge in [0.15, 0.2) is 11.5 Å². The van der Waals surface area contributed by atoms with Gasteiger partial charge in [0.25, 0.3) is 18.2 Å². The molecule has 0 spiro atoms. The van der Waals surface area contributed by atoms with Gasteiger partial charge in [-0.15, -0.1) is 0 Å². The zero-order valence-corrected chi connectivity index (χ0v) is 52.6. The number of nitrogens with two attached hydrogens (primary N) is 1. The molecular weight excluding hydrogens is 1280 g/mol. The van der Waals surface area contributed by atoms with Crippen molar-refractivity contribution in [3.63, 3.8) is 0 Å². The number of benzene rings is 3. The van der Waals surface area contributed by atoms with Crippen LogP contribution in [0.5, 0.6) is 17.2 Å². The normalized spacial score (nSPS) is 24.8. The first-order valence-electron chi connectivity index (χ1n) is 29.9. The first kappa shape index (κ1) is 71.7. The molecule has 2 aromatic heterocycles. The Labute approximate surface area is 544 Å².